The first-order chi connectivity index (χ1) is 15.5. The normalized spacial score (nSPS) is 12.1. The van der Waals surface area contributed by atoms with E-state index in [0.29, 0.717) is 0 Å². The molecule has 1 aromatic carbocycles. The lowest BCUT2D eigenvalue weighted by Gasteiger charge is -2.22. The second-order valence-corrected chi connectivity index (χ2v) is 11.1. The van der Waals surface area contributed by atoms with Crippen molar-refractivity contribution in [2.75, 3.05) is 27.7 Å². The zero-order chi connectivity index (χ0) is 23.3. The Kier molecular flexibility index (Phi) is 21.5. The monoisotopic (exact) mass is 521 g/mol. The summed E-state index contributed by atoms with van der Waals surface area (Å²) in [6.45, 7) is 3.43. The van der Waals surface area contributed by atoms with Crippen LogP contribution in [0.1, 0.15) is 122 Å². The highest BCUT2D eigenvalue weighted by Gasteiger charge is 2.07. The summed E-state index contributed by atoms with van der Waals surface area (Å²) in [4.78, 5) is 0. The Bertz CT molecular complexity index is 558. The molecule has 0 fully saturated rings. The molecule has 0 N–H and O–H groups in total. The van der Waals surface area contributed by atoms with Crippen LogP contribution in [0.15, 0.2) is 42.0 Å². The number of unbranched alkanes of at least 4 members (excludes halogenated alkanes) is 15. The summed E-state index contributed by atoms with van der Waals surface area (Å²) < 4.78 is 1.01. The van der Waals surface area contributed by atoms with E-state index in [4.69, 9.17) is 0 Å². The van der Waals surface area contributed by atoms with Crippen molar-refractivity contribution in [1.29, 1.82) is 0 Å². The molecule has 1 nitrogen and oxygen atoms in total. The van der Waals surface area contributed by atoms with E-state index in [1.807, 2.05) is 0 Å². The van der Waals surface area contributed by atoms with Crippen LogP contribution in [-0.4, -0.2) is 32.2 Å². The average Bonchev–Trinajstić information content (AvgIpc) is 2.77. The minimum absolute atomic E-state index is 0. The molecule has 0 amide bonds. The molecule has 0 aliphatic heterocycles. The third-order valence-corrected chi connectivity index (χ3v) is 6.55. The van der Waals surface area contributed by atoms with E-state index in [0.717, 1.165) is 17.4 Å². The van der Waals surface area contributed by atoms with E-state index in [2.05, 4.69) is 64.5 Å². The molecular weight excluding hydrogens is 466 g/mol. The number of hydrogen-bond donors (Lipinski definition) is 0. The molecule has 0 bridgehead atoms. The van der Waals surface area contributed by atoms with Crippen molar-refractivity contribution >= 4 is 0 Å². The molecule has 0 spiro atoms. The van der Waals surface area contributed by atoms with Crippen molar-refractivity contribution in [3.05, 3.63) is 47.5 Å². The van der Waals surface area contributed by atoms with Gasteiger partial charge in [-0.3, -0.25) is 0 Å². The SMILES string of the molecule is CCCCCCCCCCCCCCCCCCC(=CC[N+](C)(C)C)Cc1ccccc1.[Br-]. The summed E-state index contributed by atoms with van der Waals surface area (Å²) in [5, 5.41) is 0. The first kappa shape index (κ1) is 32.4. The van der Waals surface area contributed by atoms with Crippen molar-refractivity contribution in [3.8, 4) is 0 Å². The number of benzene rings is 1. The first-order valence-corrected chi connectivity index (χ1v) is 14.0. The van der Waals surface area contributed by atoms with Gasteiger partial charge in [-0.05, 0) is 30.9 Å². The van der Waals surface area contributed by atoms with Gasteiger partial charge in [0.15, 0.2) is 0 Å². The number of hydrogen-bond acceptors (Lipinski definition) is 0. The molecule has 0 aliphatic carbocycles. The van der Waals surface area contributed by atoms with Crippen LogP contribution in [0, 0.1) is 0 Å². The van der Waals surface area contributed by atoms with Crippen molar-refractivity contribution in [3.63, 3.8) is 0 Å². The van der Waals surface area contributed by atoms with Crippen molar-refractivity contribution in [2.45, 2.75) is 122 Å². The Hall–Kier alpha value is -0.600. The smallest absolute Gasteiger partial charge is 0.0970 e. The fourth-order valence-corrected chi connectivity index (χ4v) is 4.42. The van der Waals surface area contributed by atoms with E-state index in [1.54, 1.807) is 5.57 Å². The number of allylic oxidation sites excluding steroid dienone is 1. The molecule has 0 unspecified atom stereocenters. The summed E-state index contributed by atoms with van der Waals surface area (Å²) >= 11 is 0. The van der Waals surface area contributed by atoms with Crippen molar-refractivity contribution < 1.29 is 21.5 Å². The van der Waals surface area contributed by atoms with Crippen molar-refractivity contribution in [1.82, 2.24) is 0 Å². The van der Waals surface area contributed by atoms with Gasteiger partial charge in [-0.15, -0.1) is 0 Å². The summed E-state index contributed by atoms with van der Waals surface area (Å²) in [6, 6.07) is 11.0. The summed E-state index contributed by atoms with van der Waals surface area (Å²) in [6.07, 6.45) is 28.0. The molecule has 0 saturated heterocycles. The van der Waals surface area contributed by atoms with Gasteiger partial charge < -0.3 is 21.5 Å². The fourth-order valence-electron chi connectivity index (χ4n) is 4.42. The second-order valence-electron chi connectivity index (χ2n) is 11.1. The predicted molar refractivity (Wildman–Crippen MR) is 145 cm³/mol. The zero-order valence-corrected chi connectivity index (χ0v) is 24.3. The first-order valence-electron chi connectivity index (χ1n) is 14.0. The number of nitrogens with zero attached hydrogens (tertiary/aromatic N) is 1. The lowest BCUT2D eigenvalue weighted by molar-refractivity contribution is -0.864. The highest BCUT2D eigenvalue weighted by molar-refractivity contribution is 5.21. The maximum Gasteiger partial charge on any atom is 0.0970 e. The van der Waals surface area contributed by atoms with Gasteiger partial charge in [0.2, 0.25) is 0 Å². The lowest BCUT2D eigenvalue weighted by Crippen LogP contribution is -3.00. The molecule has 192 valence electrons. The molecule has 0 radical (unpaired) electrons. The van der Waals surface area contributed by atoms with Gasteiger partial charge in [0.05, 0.1) is 27.7 Å². The topological polar surface area (TPSA) is 0 Å². The van der Waals surface area contributed by atoms with Gasteiger partial charge in [0.1, 0.15) is 0 Å². The summed E-state index contributed by atoms with van der Waals surface area (Å²) in [5.41, 5.74) is 3.09. The quantitative estimate of drug-likeness (QED) is 0.0980. The number of rotatable bonds is 21. The highest BCUT2D eigenvalue weighted by Crippen LogP contribution is 2.18. The van der Waals surface area contributed by atoms with Gasteiger partial charge in [0, 0.05) is 0 Å². The Morgan fingerprint density at radius 3 is 1.48 bits per heavy atom. The molecule has 0 aliphatic rings. The fraction of sp³-hybridized carbons (Fsp3) is 0.742. The largest absolute Gasteiger partial charge is 1.00 e. The van der Waals surface area contributed by atoms with Crippen LogP contribution in [0.5, 0.6) is 0 Å². The number of quaternary nitrogens is 1. The van der Waals surface area contributed by atoms with E-state index in [-0.39, 0.29) is 17.0 Å². The van der Waals surface area contributed by atoms with Gasteiger partial charge in [-0.2, -0.15) is 0 Å². The van der Waals surface area contributed by atoms with E-state index >= 15 is 0 Å². The Labute approximate surface area is 218 Å². The molecule has 0 atom stereocenters. The third-order valence-electron chi connectivity index (χ3n) is 6.55. The van der Waals surface area contributed by atoms with Crippen LogP contribution < -0.4 is 17.0 Å². The predicted octanol–water partition coefficient (Wildman–Crippen LogP) is 6.52. The van der Waals surface area contributed by atoms with Crippen molar-refractivity contribution in [2.24, 2.45) is 0 Å². The molecular formula is C31H56BrN. The van der Waals surface area contributed by atoms with Gasteiger partial charge in [0.25, 0.3) is 0 Å². The molecule has 1 aromatic rings. The molecule has 0 heterocycles. The Balaban J connectivity index is 0.0000102. The van der Waals surface area contributed by atoms with Gasteiger partial charge in [-0.25, -0.2) is 0 Å². The molecule has 2 heteroatoms. The average molecular weight is 523 g/mol. The van der Waals surface area contributed by atoms with Crippen LogP contribution in [-0.2, 0) is 6.42 Å². The van der Waals surface area contributed by atoms with E-state index in [9.17, 15) is 0 Å². The van der Waals surface area contributed by atoms with E-state index in [1.165, 1.54) is 115 Å². The second kappa shape index (κ2) is 21.9. The lowest BCUT2D eigenvalue weighted by atomic mass is 9.98. The minimum Gasteiger partial charge on any atom is -1.00 e. The maximum absolute atomic E-state index is 2.51. The molecule has 1 rings (SSSR count). The molecule has 0 aromatic heterocycles. The minimum atomic E-state index is 0. The van der Waals surface area contributed by atoms with Crippen LogP contribution in [0.4, 0.5) is 0 Å². The summed E-state index contributed by atoms with van der Waals surface area (Å²) in [7, 11) is 6.85. The maximum atomic E-state index is 2.51. The number of likely N-dealkylation sites (N-methyl/N-ethyl adjacent to an activating group) is 1. The molecule has 0 saturated carbocycles. The Morgan fingerprint density at radius 1 is 0.636 bits per heavy atom. The molecule has 33 heavy (non-hydrogen) atoms. The van der Waals surface area contributed by atoms with E-state index < -0.39 is 0 Å². The Morgan fingerprint density at radius 2 is 1.06 bits per heavy atom. The zero-order valence-electron chi connectivity index (χ0n) is 22.7. The van der Waals surface area contributed by atoms with Crippen LogP contribution in [0.2, 0.25) is 0 Å². The van der Waals surface area contributed by atoms with Gasteiger partial charge in [-0.1, -0.05) is 139 Å². The van der Waals surface area contributed by atoms with Crippen LogP contribution >= 0.6 is 0 Å². The van der Waals surface area contributed by atoms with Crippen LogP contribution in [0.3, 0.4) is 0 Å². The summed E-state index contributed by atoms with van der Waals surface area (Å²) in [5.74, 6) is 0. The van der Waals surface area contributed by atoms with Gasteiger partial charge >= 0.3 is 0 Å². The highest BCUT2D eigenvalue weighted by atomic mass is 79.9. The third kappa shape index (κ3) is 21.7. The van der Waals surface area contributed by atoms with Crippen LogP contribution in [0.25, 0.3) is 0 Å². The standard InChI is InChI=1S/C31H56N.BrH/c1-5-6-7-8-9-10-11-12-13-14-15-16-17-18-19-21-26-31(27-28-32(2,3)4)29-30-24-22-20-23-25-30;/h20,22-25,27H,5-19,21,26,28-29H2,1-4H3;1H/q+1;/p-1. The number of halogens is 1.